The highest BCUT2D eigenvalue weighted by Gasteiger charge is 2.13. The number of nitrogens with zero attached hydrogens (tertiary/aromatic N) is 1. The molecule has 2 rings (SSSR count). The van der Waals surface area contributed by atoms with Crippen LogP contribution in [-0.2, 0) is 0 Å². The molecule has 0 bridgehead atoms. The van der Waals surface area contributed by atoms with E-state index in [-0.39, 0.29) is 10.7 Å². The van der Waals surface area contributed by atoms with Crippen molar-refractivity contribution in [2.45, 2.75) is 6.92 Å². The lowest BCUT2D eigenvalue weighted by molar-refractivity contribution is 0.859. The maximum Gasteiger partial charge on any atom is 0.334 e. The number of benzene rings is 1. The molecule has 0 radical (unpaired) electrons. The third kappa shape index (κ3) is 2.34. The van der Waals surface area contributed by atoms with E-state index in [9.17, 15) is 9.59 Å². The van der Waals surface area contributed by atoms with Crippen LogP contribution in [0.25, 0.3) is 5.69 Å². The smallest absolute Gasteiger partial charge is 0.297 e. The Kier molecular flexibility index (Phi) is 3.84. The van der Waals surface area contributed by atoms with Gasteiger partial charge in [0.2, 0.25) is 0 Å². The summed E-state index contributed by atoms with van der Waals surface area (Å²) < 4.78 is 1.84. The molecule has 0 saturated carbocycles. The van der Waals surface area contributed by atoms with Gasteiger partial charge in [-0.2, -0.15) is 0 Å². The Hall–Kier alpha value is -0.790. The number of aromatic amines is 1. The van der Waals surface area contributed by atoms with E-state index < -0.39 is 11.2 Å². The maximum absolute atomic E-state index is 12.1. The molecule has 4 nitrogen and oxygen atoms in total. The third-order valence-electron chi connectivity index (χ3n) is 2.42. The standard InChI is InChI=1S/C11H7Cl2IN2O2/c1-5-9(13)15-11(18)16(10(5)17)8-4-6(14)2-3-7(8)12/h2-4H,1H3,(H,15,18). The first kappa shape index (κ1) is 13.6. The van der Waals surface area contributed by atoms with Gasteiger partial charge in [-0.1, -0.05) is 23.2 Å². The predicted molar refractivity (Wildman–Crippen MR) is 80.1 cm³/mol. The number of hydrogen-bond donors (Lipinski definition) is 1. The summed E-state index contributed by atoms with van der Waals surface area (Å²) in [6.45, 7) is 1.54. The van der Waals surface area contributed by atoms with Crippen LogP contribution in [0.4, 0.5) is 0 Å². The number of aromatic nitrogens is 2. The molecule has 0 fully saturated rings. The van der Waals surface area contributed by atoms with Gasteiger partial charge in [0.15, 0.2) is 0 Å². The summed E-state index contributed by atoms with van der Waals surface area (Å²) in [6, 6.07) is 5.08. The largest absolute Gasteiger partial charge is 0.334 e. The summed E-state index contributed by atoms with van der Waals surface area (Å²) >= 11 is 13.8. The second-order valence-electron chi connectivity index (χ2n) is 3.61. The van der Waals surface area contributed by atoms with Crippen LogP contribution in [0, 0.1) is 10.5 Å². The molecule has 18 heavy (non-hydrogen) atoms. The van der Waals surface area contributed by atoms with Crippen molar-refractivity contribution in [1.29, 1.82) is 0 Å². The molecule has 7 heteroatoms. The van der Waals surface area contributed by atoms with Gasteiger partial charge < -0.3 is 0 Å². The lowest BCUT2D eigenvalue weighted by Gasteiger charge is -2.08. The molecule has 1 aromatic carbocycles. The van der Waals surface area contributed by atoms with Gasteiger partial charge in [0.25, 0.3) is 5.56 Å². The Morgan fingerprint density at radius 2 is 1.94 bits per heavy atom. The first-order valence-corrected chi connectivity index (χ1v) is 6.72. The number of rotatable bonds is 1. The normalized spacial score (nSPS) is 10.7. The summed E-state index contributed by atoms with van der Waals surface area (Å²) in [6.07, 6.45) is 0. The summed E-state index contributed by atoms with van der Waals surface area (Å²) in [5, 5.41) is 0.368. The van der Waals surface area contributed by atoms with Crippen molar-refractivity contribution < 1.29 is 0 Å². The van der Waals surface area contributed by atoms with E-state index in [2.05, 4.69) is 27.6 Å². The Morgan fingerprint density at radius 3 is 2.61 bits per heavy atom. The van der Waals surface area contributed by atoms with Gasteiger partial charge in [0, 0.05) is 3.57 Å². The van der Waals surface area contributed by atoms with Gasteiger partial charge >= 0.3 is 5.69 Å². The van der Waals surface area contributed by atoms with Gasteiger partial charge in [0.05, 0.1) is 16.3 Å². The van der Waals surface area contributed by atoms with E-state index in [1.54, 1.807) is 25.1 Å². The van der Waals surface area contributed by atoms with E-state index in [1.807, 2.05) is 0 Å². The van der Waals surface area contributed by atoms with Gasteiger partial charge in [-0.05, 0) is 47.7 Å². The summed E-state index contributed by atoms with van der Waals surface area (Å²) in [5.41, 5.74) is -0.479. The summed E-state index contributed by atoms with van der Waals surface area (Å²) in [5.74, 6) is 0. The molecule has 2 aromatic rings. The van der Waals surface area contributed by atoms with Gasteiger partial charge in [0.1, 0.15) is 5.15 Å². The highest BCUT2D eigenvalue weighted by atomic mass is 127. The van der Waals surface area contributed by atoms with Crippen LogP contribution in [0.2, 0.25) is 10.2 Å². The highest BCUT2D eigenvalue weighted by molar-refractivity contribution is 14.1. The second kappa shape index (κ2) is 5.07. The van der Waals surface area contributed by atoms with Crippen molar-refractivity contribution in [2.24, 2.45) is 0 Å². The molecule has 94 valence electrons. The fourth-order valence-corrected chi connectivity index (χ4v) is 2.31. The van der Waals surface area contributed by atoms with Crippen LogP contribution < -0.4 is 11.2 Å². The number of halogens is 3. The average molecular weight is 397 g/mol. The van der Waals surface area contributed by atoms with Crippen molar-refractivity contribution in [3.05, 3.63) is 58.3 Å². The number of hydrogen-bond acceptors (Lipinski definition) is 2. The predicted octanol–water partition coefficient (Wildman–Crippen LogP) is 2.75. The van der Waals surface area contributed by atoms with Crippen molar-refractivity contribution in [3.8, 4) is 5.69 Å². The van der Waals surface area contributed by atoms with Crippen LogP contribution in [0.5, 0.6) is 0 Å². The SMILES string of the molecule is Cc1c(Cl)[nH]c(=O)n(-c2cc(I)ccc2Cl)c1=O. The highest BCUT2D eigenvalue weighted by Crippen LogP contribution is 2.21. The van der Waals surface area contributed by atoms with E-state index in [1.165, 1.54) is 0 Å². The zero-order valence-electron chi connectivity index (χ0n) is 9.13. The molecule has 1 heterocycles. The topological polar surface area (TPSA) is 54.9 Å². The van der Waals surface area contributed by atoms with E-state index >= 15 is 0 Å². The molecule has 1 aromatic heterocycles. The molecule has 0 aliphatic carbocycles. The van der Waals surface area contributed by atoms with Crippen LogP contribution in [-0.4, -0.2) is 9.55 Å². The van der Waals surface area contributed by atoms with E-state index in [0.29, 0.717) is 10.7 Å². The molecule has 0 atom stereocenters. The molecule has 0 aliphatic rings. The number of H-pyrrole nitrogens is 1. The first-order valence-electron chi connectivity index (χ1n) is 4.88. The minimum atomic E-state index is -0.612. The van der Waals surface area contributed by atoms with E-state index in [4.69, 9.17) is 23.2 Å². The maximum atomic E-state index is 12.1. The molecular formula is C11H7Cl2IN2O2. The minimum Gasteiger partial charge on any atom is -0.297 e. The summed E-state index contributed by atoms with van der Waals surface area (Å²) in [4.78, 5) is 26.3. The van der Waals surface area contributed by atoms with Gasteiger partial charge in [-0.3, -0.25) is 9.78 Å². The van der Waals surface area contributed by atoms with E-state index in [0.717, 1.165) is 8.14 Å². The molecule has 0 aliphatic heterocycles. The van der Waals surface area contributed by atoms with Crippen LogP contribution in [0.3, 0.4) is 0 Å². The Morgan fingerprint density at radius 1 is 1.28 bits per heavy atom. The molecule has 1 N–H and O–H groups in total. The molecule has 0 unspecified atom stereocenters. The lowest BCUT2D eigenvalue weighted by atomic mass is 10.3. The quantitative estimate of drug-likeness (QED) is 0.595. The van der Waals surface area contributed by atoms with Crippen molar-refractivity contribution in [2.75, 3.05) is 0 Å². The average Bonchev–Trinajstić information content (AvgIpc) is 2.31. The molecule has 0 saturated heterocycles. The van der Waals surface area contributed by atoms with Crippen LogP contribution in [0.1, 0.15) is 5.56 Å². The van der Waals surface area contributed by atoms with Crippen molar-refractivity contribution in [1.82, 2.24) is 9.55 Å². The van der Waals surface area contributed by atoms with Crippen LogP contribution >= 0.6 is 45.8 Å². The Balaban J connectivity index is 2.88. The third-order valence-corrected chi connectivity index (χ3v) is 3.79. The lowest BCUT2D eigenvalue weighted by Crippen LogP contribution is -2.35. The fourth-order valence-electron chi connectivity index (χ4n) is 1.47. The zero-order valence-corrected chi connectivity index (χ0v) is 12.8. The van der Waals surface area contributed by atoms with Crippen LogP contribution in [0.15, 0.2) is 27.8 Å². The molecule has 0 amide bonds. The minimum absolute atomic E-state index is 0.0444. The van der Waals surface area contributed by atoms with Crippen molar-refractivity contribution in [3.63, 3.8) is 0 Å². The van der Waals surface area contributed by atoms with Crippen molar-refractivity contribution >= 4 is 45.8 Å². The van der Waals surface area contributed by atoms with Gasteiger partial charge in [-0.15, -0.1) is 0 Å². The Bertz CT molecular complexity index is 737. The summed E-state index contributed by atoms with van der Waals surface area (Å²) in [7, 11) is 0. The van der Waals surface area contributed by atoms with Gasteiger partial charge in [-0.25, -0.2) is 9.36 Å². The monoisotopic (exact) mass is 396 g/mol. The molecule has 0 spiro atoms. The zero-order chi connectivity index (χ0) is 13.4. The Labute approximate surface area is 126 Å². The fraction of sp³-hybridized carbons (Fsp3) is 0.0909. The first-order chi connectivity index (χ1) is 8.41. The number of nitrogens with one attached hydrogen (secondary N) is 1. The molecular weight excluding hydrogens is 390 g/mol. The second-order valence-corrected chi connectivity index (χ2v) is 5.64.